The Morgan fingerprint density at radius 3 is 2.13 bits per heavy atom. The molecule has 1 spiro atoms. The number of ether oxygens (including phenoxy) is 1. The molecule has 0 aromatic carbocycles. The molecule has 0 aromatic heterocycles. The molecule has 1 N–H and O–H groups in total. The van der Waals surface area contributed by atoms with E-state index in [-0.39, 0.29) is 40.9 Å². The van der Waals surface area contributed by atoms with Crippen LogP contribution in [-0.4, -0.2) is 52.0 Å². The first-order valence-electron chi connectivity index (χ1n) is 18.2. The van der Waals surface area contributed by atoms with Gasteiger partial charge in [-0.25, -0.2) is 0 Å². The van der Waals surface area contributed by atoms with Crippen LogP contribution in [0.15, 0.2) is 0 Å². The van der Waals surface area contributed by atoms with Crippen LogP contribution in [0.5, 0.6) is 0 Å². The number of halogens is 3. The van der Waals surface area contributed by atoms with Gasteiger partial charge in [0.05, 0.1) is 12.2 Å². The lowest BCUT2D eigenvalue weighted by Gasteiger charge is -2.71. The molecule has 0 saturated heterocycles. The van der Waals surface area contributed by atoms with Crippen LogP contribution in [0.4, 0.5) is 13.2 Å². The molecule has 9 atom stereocenters. The van der Waals surface area contributed by atoms with Crippen molar-refractivity contribution in [3.05, 3.63) is 0 Å². The maximum absolute atomic E-state index is 14.8. The van der Waals surface area contributed by atoms with E-state index >= 15 is 0 Å². The largest absolute Gasteiger partial charge is 0.471 e. The topological polar surface area (TPSA) is 64.6 Å². The number of carbonyl (C=O) groups is 2. The Hall–Kier alpha value is -0.933. The Labute approximate surface area is 272 Å². The minimum Gasteiger partial charge on any atom is -0.413 e. The number of carbonyl (C=O) groups excluding carboxylic acids is 2. The number of hydrogen-bond donors (Lipinski definition) is 1. The number of hydrogen-bond acceptors (Lipinski definition) is 4. The van der Waals surface area contributed by atoms with Gasteiger partial charge in [-0.05, 0) is 80.3 Å². The summed E-state index contributed by atoms with van der Waals surface area (Å²) < 4.78 is 51.2. The molecule has 5 nitrogen and oxygen atoms in total. The fourth-order valence-corrected chi connectivity index (χ4v) is 14.6. The predicted molar refractivity (Wildman–Crippen MR) is 175 cm³/mol. The van der Waals surface area contributed by atoms with Crippen LogP contribution in [0.25, 0.3) is 0 Å². The Balaban J connectivity index is 1.53. The van der Waals surface area contributed by atoms with Crippen LogP contribution in [0, 0.1) is 39.4 Å². The first kappa shape index (κ1) is 36.9. The molecule has 0 aromatic rings. The molecule has 4 aliphatic carbocycles. The Bertz CT molecular complexity index is 1060. The van der Waals surface area contributed by atoms with Gasteiger partial charge in [0.15, 0.2) is 8.32 Å². The van der Waals surface area contributed by atoms with Crippen LogP contribution in [0.3, 0.4) is 0 Å². The predicted octanol–water partition coefficient (Wildman–Crippen LogP) is 9.25. The summed E-state index contributed by atoms with van der Waals surface area (Å²) in [5.41, 5.74) is -0.537. The van der Waals surface area contributed by atoms with Gasteiger partial charge in [-0.1, -0.05) is 80.6 Å². The zero-order valence-corrected chi connectivity index (χ0v) is 30.5. The molecule has 9 unspecified atom stereocenters. The monoisotopic (exact) mass is 657 g/mol. The number of methoxy groups -OCH3 is 1. The minimum atomic E-state index is -4.82. The van der Waals surface area contributed by atoms with Gasteiger partial charge in [-0.3, -0.25) is 9.59 Å². The van der Waals surface area contributed by atoms with E-state index in [2.05, 4.69) is 48.5 Å². The number of alkyl halides is 3. The zero-order chi connectivity index (χ0) is 33.5. The molecule has 260 valence electrons. The Morgan fingerprint density at radius 1 is 0.956 bits per heavy atom. The fraction of sp³-hybridized carbons (Fsp3) is 0.944. The molecule has 0 radical (unpaired) electrons. The van der Waals surface area contributed by atoms with Crippen molar-refractivity contribution < 1.29 is 31.9 Å². The second kappa shape index (κ2) is 13.5. The van der Waals surface area contributed by atoms with Crippen LogP contribution in [0.2, 0.25) is 18.1 Å². The van der Waals surface area contributed by atoms with Crippen LogP contribution in [-0.2, 0) is 18.8 Å². The van der Waals surface area contributed by atoms with E-state index in [9.17, 15) is 22.8 Å². The van der Waals surface area contributed by atoms with Crippen molar-refractivity contribution in [3.8, 4) is 0 Å². The molecule has 0 heterocycles. The smallest absolute Gasteiger partial charge is 0.413 e. The van der Waals surface area contributed by atoms with E-state index in [4.69, 9.17) is 9.16 Å². The van der Waals surface area contributed by atoms with Crippen molar-refractivity contribution in [2.75, 3.05) is 13.7 Å². The zero-order valence-electron chi connectivity index (χ0n) is 29.5. The molecule has 9 heteroatoms. The normalized spacial score (nSPS) is 39.5. The van der Waals surface area contributed by atoms with Gasteiger partial charge < -0.3 is 14.5 Å². The molecular formula is C36H62F3NO4Si. The summed E-state index contributed by atoms with van der Waals surface area (Å²) in [5.74, 6) is -0.323. The standard InChI is InChI=1S/C36H62F3NO4Si/c1-9-45(10-2,11-3)44-29-24-32(6,19-16-14-12-13-15-17-21-40-31(42)36(37,38)39)30(41)26(5)34-20-18-28(43-8)35(34)27(23-34)22-25(4)33(29,35)7/h25-29H,9-24H2,1-8H3,(H,40,42). The summed E-state index contributed by atoms with van der Waals surface area (Å²) in [7, 11) is -0.0920. The Morgan fingerprint density at radius 2 is 1.56 bits per heavy atom. The maximum Gasteiger partial charge on any atom is 0.471 e. The maximum atomic E-state index is 14.8. The highest BCUT2D eigenvalue weighted by Crippen LogP contribution is 2.86. The van der Waals surface area contributed by atoms with Gasteiger partial charge in [-0.2, -0.15) is 13.2 Å². The van der Waals surface area contributed by atoms with E-state index < -0.39 is 25.8 Å². The molecular weight excluding hydrogens is 595 g/mol. The van der Waals surface area contributed by atoms with Gasteiger partial charge in [-0.15, -0.1) is 0 Å². The third kappa shape index (κ3) is 5.78. The van der Waals surface area contributed by atoms with Gasteiger partial charge in [0.25, 0.3) is 0 Å². The summed E-state index contributed by atoms with van der Waals surface area (Å²) >= 11 is 0. The number of ketones is 1. The van der Waals surface area contributed by atoms with Crippen molar-refractivity contribution in [2.45, 2.75) is 162 Å². The average Bonchev–Trinajstić information content (AvgIpc) is 3.36. The highest BCUT2D eigenvalue weighted by Gasteiger charge is 2.85. The number of Topliss-reactive ketones (excluding diaryl/α,β-unsaturated/α-hetero) is 1. The fourth-order valence-electron chi connectivity index (χ4n) is 11.7. The minimum absolute atomic E-state index is 0.00177. The van der Waals surface area contributed by atoms with Crippen LogP contribution < -0.4 is 5.32 Å². The van der Waals surface area contributed by atoms with Gasteiger partial charge in [0.2, 0.25) is 0 Å². The highest BCUT2D eigenvalue weighted by atomic mass is 28.4. The second-order valence-electron chi connectivity index (χ2n) is 15.9. The SMILES string of the molecule is CC[Si](CC)(CC)OC1CC(C)(CCCCCCCCNC(=O)C(F)(F)F)C(=O)C(C)C23CCC(OC)C24C(CC(C)C14C)C3. The highest BCUT2D eigenvalue weighted by molar-refractivity contribution is 6.73. The number of nitrogens with one attached hydrogen (secondary N) is 1. The van der Waals surface area contributed by atoms with E-state index in [1.807, 2.05) is 12.4 Å². The molecule has 0 bridgehead atoms. The van der Waals surface area contributed by atoms with Crippen LogP contribution >= 0.6 is 0 Å². The lowest BCUT2D eigenvalue weighted by molar-refractivity contribution is -0.267. The summed E-state index contributed by atoms with van der Waals surface area (Å²) in [4.78, 5) is 25.8. The Kier molecular flexibility index (Phi) is 11.1. The number of unbranched alkanes of at least 4 members (excludes halogenated alkanes) is 5. The van der Waals surface area contributed by atoms with Gasteiger partial charge in [0, 0.05) is 35.8 Å². The van der Waals surface area contributed by atoms with Crippen molar-refractivity contribution in [2.24, 2.45) is 39.4 Å². The van der Waals surface area contributed by atoms with Crippen molar-refractivity contribution >= 4 is 20.0 Å². The summed E-state index contributed by atoms with van der Waals surface area (Å²) in [6, 6.07) is 3.28. The van der Waals surface area contributed by atoms with Gasteiger partial charge >= 0.3 is 12.1 Å². The van der Waals surface area contributed by atoms with Crippen molar-refractivity contribution in [1.29, 1.82) is 0 Å². The molecule has 45 heavy (non-hydrogen) atoms. The molecule has 4 aliphatic rings. The molecule has 4 saturated carbocycles. The van der Waals surface area contributed by atoms with Gasteiger partial charge in [0.1, 0.15) is 5.78 Å². The first-order chi connectivity index (χ1) is 21.1. The lowest BCUT2D eigenvalue weighted by Crippen LogP contribution is -2.72. The van der Waals surface area contributed by atoms with Crippen molar-refractivity contribution in [1.82, 2.24) is 5.32 Å². The average molecular weight is 658 g/mol. The number of rotatable bonds is 15. The van der Waals surface area contributed by atoms with E-state index in [0.29, 0.717) is 24.0 Å². The molecule has 0 aliphatic heterocycles. The van der Waals surface area contributed by atoms with E-state index in [1.165, 1.54) is 6.42 Å². The summed E-state index contributed by atoms with van der Waals surface area (Å²) in [5, 5.41) is 1.96. The quantitative estimate of drug-likeness (QED) is 0.141. The lowest BCUT2D eigenvalue weighted by atomic mass is 9.33. The number of amides is 1. The second-order valence-corrected chi connectivity index (χ2v) is 20.7. The third-order valence-electron chi connectivity index (χ3n) is 14.4. The molecule has 4 fully saturated rings. The molecule has 4 rings (SSSR count). The van der Waals surface area contributed by atoms with E-state index in [1.54, 1.807) is 0 Å². The van der Waals surface area contributed by atoms with Crippen molar-refractivity contribution in [3.63, 3.8) is 0 Å². The summed E-state index contributed by atoms with van der Waals surface area (Å²) in [6.45, 7) is 16.5. The molecule has 1 amide bonds. The van der Waals surface area contributed by atoms with E-state index in [0.717, 1.165) is 82.3 Å². The first-order valence-corrected chi connectivity index (χ1v) is 20.7. The third-order valence-corrected chi connectivity index (χ3v) is 19.1. The summed E-state index contributed by atoms with van der Waals surface area (Å²) in [6.07, 6.45) is 6.63. The van der Waals surface area contributed by atoms with Crippen LogP contribution in [0.1, 0.15) is 126 Å².